The van der Waals surface area contributed by atoms with Gasteiger partial charge in [0.15, 0.2) is 6.61 Å². The third-order valence-electron chi connectivity index (χ3n) is 2.77. The van der Waals surface area contributed by atoms with Crippen molar-refractivity contribution in [3.05, 3.63) is 28.7 Å². The fourth-order valence-corrected chi connectivity index (χ4v) is 2.94. The molecule has 0 spiro atoms. The Morgan fingerprint density at radius 3 is 2.40 bits per heavy atom. The van der Waals surface area contributed by atoms with Crippen molar-refractivity contribution in [1.82, 2.24) is 4.90 Å². The van der Waals surface area contributed by atoms with Gasteiger partial charge in [0.2, 0.25) is 0 Å². The fourth-order valence-electron chi connectivity index (χ4n) is 1.57. The monoisotopic (exact) mass is 363 g/mol. The molecule has 1 aromatic rings. The molecule has 0 aliphatic carbocycles. The zero-order chi connectivity index (χ0) is 15.3. The van der Waals surface area contributed by atoms with Crippen molar-refractivity contribution in [1.29, 1.82) is 0 Å². The van der Waals surface area contributed by atoms with Gasteiger partial charge in [-0.05, 0) is 31.2 Å². The fraction of sp³-hybridized carbons (Fsp3) is 0.462. The van der Waals surface area contributed by atoms with Gasteiger partial charge in [-0.25, -0.2) is 8.42 Å². The number of sulfone groups is 1. The number of likely N-dealkylation sites (N-methyl/N-ethyl adjacent to an activating group) is 1. The molecule has 1 atom stereocenters. The summed E-state index contributed by atoms with van der Waals surface area (Å²) < 4.78 is 28.7. The normalized spacial score (nSPS) is 12.8. The molecule has 5 nitrogen and oxygen atoms in total. The van der Waals surface area contributed by atoms with E-state index < -0.39 is 9.84 Å². The van der Waals surface area contributed by atoms with Crippen LogP contribution in [0.5, 0.6) is 5.75 Å². The molecule has 0 saturated heterocycles. The second-order valence-electron chi connectivity index (χ2n) is 4.69. The summed E-state index contributed by atoms with van der Waals surface area (Å²) in [5.74, 6) is 0.267. The maximum absolute atomic E-state index is 11.9. The molecule has 112 valence electrons. The van der Waals surface area contributed by atoms with Crippen molar-refractivity contribution in [3.8, 4) is 5.75 Å². The Balaban J connectivity index is 2.51. The predicted molar refractivity (Wildman–Crippen MR) is 81.6 cm³/mol. The van der Waals surface area contributed by atoms with Gasteiger partial charge < -0.3 is 9.64 Å². The van der Waals surface area contributed by atoms with Crippen molar-refractivity contribution in [2.24, 2.45) is 0 Å². The summed E-state index contributed by atoms with van der Waals surface area (Å²) in [6.45, 7) is 1.57. The van der Waals surface area contributed by atoms with Crippen molar-refractivity contribution in [2.45, 2.75) is 13.0 Å². The van der Waals surface area contributed by atoms with E-state index in [9.17, 15) is 13.2 Å². The van der Waals surface area contributed by atoms with E-state index in [1.54, 1.807) is 26.1 Å². The van der Waals surface area contributed by atoms with E-state index in [-0.39, 0.29) is 24.3 Å². The minimum atomic E-state index is -3.11. The molecule has 0 fully saturated rings. The van der Waals surface area contributed by atoms with E-state index in [0.29, 0.717) is 5.75 Å². The minimum Gasteiger partial charge on any atom is -0.484 e. The van der Waals surface area contributed by atoms with Crippen LogP contribution < -0.4 is 4.74 Å². The number of halogens is 1. The maximum Gasteiger partial charge on any atom is 0.260 e. The average molecular weight is 364 g/mol. The van der Waals surface area contributed by atoms with E-state index in [0.717, 1.165) is 10.7 Å². The second kappa shape index (κ2) is 7.08. The number of nitrogens with zero attached hydrogens (tertiary/aromatic N) is 1. The first-order valence-electron chi connectivity index (χ1n) is 6.01. The molecule has 1 rings (SSSR count). The van der Waals surface area contributed by atoms with Crippen molar-refractivity contribution in [2.75, 3.05) is 25.7 Å². The Hall–Kier alpha value is -1.08. The van der Waals surface area contributed by atoms with Crippen LogP contribution in [0.2, 0.25) is 0 Å². The summed E-state index contributed by atoms with van der Waals surface area (Å²) in [6.07, 6.45) is 1.15. The molecule has 0 aliphatic heterocycles. The molecule has 0 unspecified atom stereocenters. The molecular weight excluding hydrogens is 346 g/mol. The van der Waals surface area contributed by atoms with Crippen molar-refractivity contribution >= 4 is 31.7 Å². The van der Waals surface area contributed by atoms with E-state index in [4.69, 9.17) is 4.74 Å². The van der Waals surface area contributed by atoms with Crippen LogP contribution in [-0.2, 0) is 14.6 Å². The first-order valence-corrected chi connectivity index (χ1v) is 8.86. The number of carbonyl (C=O) groups excluding carboxylic acids is 1. The van der Waals surface area contributed by atoms with Gasteiger partial charge in [0.25, 0.3) is 5.91 Å². The third kappa shape index (κ3) is 5.92. The van der Waals surface area contributed by atoms with Crippen molar-refractivity contribution in [3.63, 3.8) is 0 Å². The molecule has 20 heavy (non-hydrogen) atoms. The highest BCUT2D eigenvalue weighted by molar-refractivity contribution is 9.10. The molecule has 1 aromatic carbocycles. The van der Waals surface area contributed by atoms with Crippen LogP contribution in [0.3, 0.4) is 0 Å². The first kappa shape index (κ1) is 17.0. The number of rotatable bonds is 6. The zero-order valence-corrected chi connectivity index (χ0v) is 14.1. The van der Waals surface area contributed by atoms with Crippen LogP contribution in [-0.4, -0.2) is 50.9 Å². The molecule has 0 N–H and O–H groups in total. The summed E-state index contributed by atoms with van der Waals surface area (Å²) >= 11 is 3.31. The lowest BCUT2D eigenvalue weighted by Crippen LogP contribution is -2.41. The number of benzene rings is 1. The van der Waals surface area contributed by atoms with Crippen LogP contribution in [0.15, 0.2) is 28.7 Å². The number of hydrogen-bond acceptors (Lipinski definition) is 4. The van der Waals surface area contributed by atoms with Crippen LogP contribution in [0.4, 0.5) is 0 Å². The lowest BCUT2D eigenvalue weighted by atomic mass is 10.3. The van der Waals surface area contributed by atoms with E-state index in [2.05, 4.69) is 15.9 Å². The van der Waals surface area contributed by atoms with Gasteiger partial charge >= 0.3 is 0 Å². The molecular formula is C13H18BrNO4S. The van der Waals surface area contributed by atoms with E-state index in [1.807, 2.05) is 12.1 Å². The van der Waals surface area contributed by atoms with Crippen LogP contribution >= 0.6 is 15.9 Å². The molecule has 1 amide bonds. The number of ether oxygens (including phenoxy) is 1. The quantitative estimate of drug-likeness (QED) is 0.771. The molecule has 0 heterocycles. The summed E-state index contributed by atoms with van der Waals surface area (Å²) in [5.41, 5.74) is 0. The van der Waals surface area contributed by atoms with Crippen LogP contribution in [0.25, 0.3) is 0 Å². The molecule has 0 aliphatic rings. The third-order valence-corrected chi connectivity index (χ3v) is 4.39. The Morgan fingerprint density at radius 2 is 1.90 bits per heavy atom. The lowest BCUT2D eigenvalue weighted by molar-refractivity contribution is -0.133. The highest BCUT2D eigenvalue weighted by Crippen LogP contribution is 2.16. The van der Waals surface area contributed by atoms with Gasteiger partial charge in [-0.3, -0.25) is 4.79 Å². The van der Waals surface area contributed by atoms with Crippen molar-refractivity contribution < 1.29 is 17.9 Å². The summed E-state index contributed by atoms with van der Waals surface area (Å²) in [6, 6.07) is 6.74. The van der Waals surface area contributed by atoms with Crippen LogP contribution in [0.1, 0.15) is 6.92 Å². The van der Waals surface area contributed by atoms with Gasteiger partial charge in [-0.2, -0.15) is 0 Å². The lowest BCUT2D eigenvalue weighted by Gasteiger charge is -2.24. The van der Waals surface area contributed by atoms with Gasteiger partial charge in [0, 0.05) is 23.8 Å². The standard InChI is InChI=1S/C13H18BrNO4S/c1-10(9-20(3,17)18)15(2)13(16)8-19-12-6-4-11(14)5-7-12/h4-7,10H,8-9H2,1-3H3/t10-/m1/s1. The highest BCUT2D eigenvalue weighted by Gasteiger charge is 2.20. The average Bonchev–Trinajstić information content (AvgIpc) is 2.34. The topological polar surface area (TPSA) is 63.7 Å². The smallest absolute Gasteiger partial charge is 0.260 e. The molecule has 0 radical (unpaired) electrons. The summed E-state index contributed by atoms with van der Waals surface area (Å²) in [4.78, 5) is 13.3. The summed E-state index contributed by atoms with van der Waals surface area (Å²) in [7, 11) is -1.54. The van der Waals surface area contributed by atoms with Gasteiger partial charge in [0.05, 0.1) is 5.75 Å². The number of hydrogen-bond donors (Lipinski definition) is 0. The Morgan fingerprint density at radius 1 is 1.35 bits per heavy atom. The molecule has 7 heteroatoms. The maximum atomic E-state index is 11.9. The van der Waals surface area contributed by atoms with Crippen LogP contribution in [0, 0.1) is 0 Å². The molecule has 0 aromatic heterocycles. The minimum absolute atomic E-state index is 0.0620. The van der Waals surface area contributed by atoms with Gasteiger partial charge in [-0.1, -0.05) is 15.9 Å². The largest absolute Gasteiger partial charge is 0.484 e. The Labute approximate surface area is 128 Å². The molecule has 0 bridgehead atoms. The summed E-state index contributed by atoms with van der Waals surface area (Å²) in [5, 5.41) is 0. The van der Waals surface area contributed by atoms with E-state index >= 15 is 0 Å². The highest BCUT2D eigenvalue weighted by atomic mass is 79.9. The van der Waals surface area contributed by atoms with Gasteiger partial charge in [0.1, 0.15) is 15.6 Å². The Bertz CT molecular complexity index is 556. The van der Waals surface area contributed by atoms with E-state index in [1.165, 1.54) is 4.90 Å². The molecule has 0 saturated carbocycles. The Kier molecular flexibility index (Phi) is 6.01. The number of carbonyl (C=O) groups is 1. The van der Waals surface area contributed by atoms with Gasteiger partial charge in [-0.15, -0.1) is 0 Å². The zero-order valence-electron chi connectivity index (χ0n) is 11.7. The first-order chi connectivity index (χ1) is 9.19. The SMILES string of the molecule is C[C@H](CS(C)(=O)=O)N(C)C(=O)COc1ccc(Br)cc1. The predicted octanol–water partition coefficient (Wildman–Crippen LogP) is 1.72. The number of amides is 1. The second-order valence-corrected chi connectivity index (χ2v) is 7.79.